The van der Waals surface area contributed by atoms with Gasteiger partial charge in [0.1, 0.15) is 0 Å². The summed E-state index contributed by atoms with van der Waals surface area (Å²) in [5.41, 5.74) is 7.34. The quantitative estimate of drug-likeness (QED) is 0.614. The van der Waals surface area contributed by atoms with Gasteiger partial charge in [0.2, 0.25) is 5.91 Å². The van der Waals surface area contributed by atoms with Crippen LogP contribution in [0, 0.1) is 0 Å². The number of nitrogens with one attached hydrogen (secondary N) is 1. The third-order valence-corrected chi connectivity index (χ3v) is 4.00. The smallest absolute Gasteiger partial charge is 0.307 e. The third kappa shape index (κ3) is 2.76. The molecule has 1 aliphatic rings. The van der Waals surface area contributed by atoms with Gasteiger partial charge in [-0.3, -0.25) is 9.59 Å². The number of thioether (sulfide) groups is 1. The zero-order valence-corrected chi connectivity index (χ0v) is 10.8. The highest BCUT2D eigenvalue weighted by Gasteiger charge is 2.27. The van der Waals surface area contributed by atoms with Crippen molar-refractivity contribution in [3.05, 3.63) is 23.8 Å². The van der Waals surface area contributed by atoms with Crippen LogP contribution in [0.3, 0.4) is 0 Å². The van der Waals surface area contributed by atoms with Crippen LogP contribution >= 0.6 is 11.8 Å². The first-order chi connectivity index (χ1) is 8.60. The van der Waals surface area contributed by atoms with Crippen molar-refractivity contribution in [1.82, 2.24) is 5.32 Å². The number of carbonyl (C=O) groups is 2. The van der Waals surface area contributed by atoms with Crippen molar-refractivity contribution in [3.63, 3.8) is 0 Å². The number of carbonyl (C=O) groups excluding carboxylic acids is 2. The fraction of sp³-hybridized carbons (Fsp3) is 0.333. The van der Waals surface area contributed by atoms with Gasteiger partial charge in [-0.1, -0.05) is 0 Å². The largest absolute Gasteiger partial charge is 0.469 e. The molecule has 1 amide bonds. The Morgan fingerprint density at radius 1 is 1.61 bits per heavy atom. The maximum Gasteiger partial charge on any atom is 0.307 e. The second kappa shape index (κ2) is 5.30. The molecule has 18 heavy (non-hydrogen) atoms. The van der Waals surface area contributed by atoms with Gasteiger partial charge in [-0.25, -0.2) is 0 Å². The molecule has 96 valence electrons. The summed E-state index contributed by atoms with van der Waals surface area (Å²) in [4.78, 5) is 24.1. The fourth-order valence-corrected chi connectivity index (χ4v) is 2.87. The molecule has 3 N–H and O–H groups in total. The molecule has 0 radical (unpaired) electrons. The Balaban J connectivity index is 2.21. The van der Waals surface area contributed by atoms with Crippen LogP contribution in [0.2, 0.25) is 0 Å². The Morgan fingerprint density at radius 3 is 3.11 bits per heavy atom. The molecule has 0 bridgehead atoms. The van der Waals surface area contributed by atoms with E-state index >= 15 is 0 Å². The normalized spacial score (nSPS) is 18.5. The minimum Gasteiger partial charge on any atom is -0.469 e. The number of methoxy groups -OCH3 is 1. The molecule has 0 fully saturated rings. The van der Waals surface area contributed by atoms with Crippen molar-refractivity contribution < 1.29 is 14.3 Å². The SMILES string of the molecule is COC(=O)CC1Sc2ccc(N)cc2CNC1=O. The Morgan fingerprint density at radius 2 is 2.39 bits per heavy atom. The van der Waals surface area contributed by atoms with Gasteiger partial charge in [0.15, 0.2) is 0 Å². The molecule has 1 aliphatic heterocycles. The summed E-state index contributed by atoms with van der Waals surface area (Å²) in [7, 11) is 1.32. The number of fused-ring (bicyclic) bond motifs is 1. The van der Waals surface area contributed by atoms with Crippen LogP contribution in [0.1, 0.15) is 12.0 Å². The van der Waals surface area contributed by atoms with Crippen molar-refractivity contribution >= 4 is 29.3 Å². The highest BCUT2D eigenvalue weighted by Crippen LogP contribution is 2.32. The number of benzene rings is 1. The van der Waals surface area contributed by atoms with Gasteiger partial charge in [-0.2, -0.15) is 0 Å². The summed E-state index contributed by atoms with van der Waals surface area (Å²) in [6.45, 7) is 0.434. The summed E-state index contributed by atoms with van der Waals surface area (Å²) in [5, 5.41) is 2.33. The van der Waals surface area contributed by atoms with E-state index in [9.17, 15) is 9.59 Å². The zero-order chi connectivity index (χ0) is 13.1. The van der Waals surface area contributed by atoms with Gasteiger partial charge >= 0.3 is 5.97 Å². The predicted octanol–water partition coefficient (Wildman–Crippen LogP) is 0.922. The van der Waals surface area contributed by atoms with E-state index in [4.69, 9.17) is 5.73 Å². The van der Waals surface area contributed by atoms with Crippen molar-refractivity contribution in [2.75, 3.05) is 12.8 Å². The van der Waals surface area contributed by atoms with Crippen LogP contribution in [0.15, 0.2) is 23.1 Å². The van der Waals surface area contributed by atoms with E-state index in [2.05, 4.69) is 10.1 Å². The number of anilines is 1. The maximum absolute atomic E-state index is 11.8. The molecule has 0 saturated heterocycles. The predicted molar refractivity (Wildman–Crippen MR) is 69.0 cm³/mol. The van der Waals surface area contributed by atoms with Gasteiger partial charge in [-0.15, -0.1) is 11.8 Å². The van der Waals surface area contributed by atoms with Crippen LogP contribution in [0.25, 0.3) is 0 Å². The molecular formula is C12H14N2O3S. The number of esters is 1. The number of amides is 1. The Kier molecular flexibility index (Phi) is 3.76. The summed E-state index contributed by atoms with van der Waals surface area (Å²) in [5.74, 6) is -0.540. The summed E-state index contributed by atoms with van der Waals surface area (Å²) < 4.78 is 4.60. The Labute approximate surface area is 109 Å². The number of hydrogen-bond donors (Lipinski definition) is 2. The van der Waals surface area contributed by atoms with Crippen molar-refractivity contribution in [2.45, 2.75) is 23.1 Å². The molecule has 0 spiro atoms. The second-order valence-corrected chi connectivity index (χ2v) is 5.22. The molecule has 2 rings (SSSR count). The Bertz CT molecular complexity index is 490. The average Bonchev–Trinajstić information content (AvgIpc) is 2.50. The molecule has 6 heteroatoms. The van der Waals surface area contributed by atoms with Crippen LogP contribution in [0.5, 0.6) is 0 Å². The standard InChI is InChI=1S/C12H14N2O3S/c1-17-11(15)5-10-12(16)14-6-7-4-8(13)2-3-9(7)18-10/h2-4,10H,5-6,13H2,1H3,(H,14,16). The average molecular weight is 266 g/mol. The van der Waals surface area contributed by atoms with Crippen LogP contribution in [0.4, 0.5) is 5.69 Å². The van der Waals surface area contributed by atoms with E-state index < -0.39 is 5.25 Å². The first kappa shape index (κ1) is 12.8. The van der Waals surface area contributed by atoms with E-state index in [-0.39, 0.29) is 18.3 Å². The summed E-state index contributed by atoms with van der Waals surface area (Å²) in [6.07, 6.45) is 0.0663. The maximum atomic E-state index is 11.8. The number of nitrogen functional groups attached to an aromatic ring is 1. The molecular weight excluding hydrogens is 252 g/mol. The van der Waals surface area contributed by atoms with E-state index in [1.807, 2.05) is 12.1 Å². The number of rotatable bonds is 2. The fourth-order valence-electron chi connectivity index (χ4n) is 1.72. The van der Waals surface area contributed by atoms with Gasteiger partial charge < -0.3 is 15.8 Å². The summed E-state index contributed by atoms with van der Waals surface area (Å²) in [6, 6.07) is 5.50. The Hall–Kier alpha value is -1.69. The highest BCUT2D eigenvalue weighted by molar-refractivity contribution is 8.00. The molecule has 1 aromatic rings. The molecule has 1 aromatic carbocycles. The van der Waals surface area contributed by atoms with Crippen molar-refractivity contribution in [1.29, 1.82) is 0 Å². The first-order valence-electron chi connectivity index (χ1n) is 5.49. The van der Waals surface area contributed by atoms with E-state index in [0.29, 0.717) is 12.2 Å². The van der Waals surface area contributed by atoms with E-state index in [1.165, 1.54) is 18.9 Å². The third-order valence-electron chi connectivity index (χ3n) is 2.68. The van der Waals surface area contributed by atoms with Crippen LogP contribution in [-0.4, -0.2) is 24.2 Å². The molecule has 5 nitrogen and oxygen atoms in total. The van der Waals surface area contributed by atoms with Crippen molar-refractivity contribution in [3.8, 4) is 0 Å². The first-order valence-corrected chi connectivity index (χ1v) is 6.37. The monoisotopic (exact) mass is 266 g/mol. The molecule has 0 aromatic heterocycles. The van der Waals surface area contributed by atoms with E-state index in [1.54, 1.807) is 6.07 Å². The lowest BCUT2D eigenvalue weighted by molar-refractivity contribution is -0.141. The number of hydrogen-bond acceptors (Lipinski definition) is 5. The number of nitrogens with two attached hydrogens (primary N) is 1. The lowest BCUT2D eigenvalue weighted by atomic mass is 10.2. The van der Waals surface area contributed by atoms with E-state index in [0.717, 1.165) is 10.5 Å². The van der Waals surface area contributed by atoms with Crippen LogP contribution in [-0.2, 0) is 20.9 Å². The molecule has 1 unspecified atom stereocenters. The molecule has 0 aliphatic carbocycles. The molecule has 1 heterocycles. The lowest BCUT2D eigenvalue weighted by Crippen LogP contribution is -2.32. The van der Waals surface area contributed by atoms with Gasteiger partial charge in [0.25, 0.3) is 0 Å². The van der Waals surface area contributed by atoms with Gasteiger partial charge in [-0.05, 0) is 23.8 Å². The molecule has 1 atom stereocenters. The number of ether oxygens (including phenoxy) is 1. The van der Waals surface area contributed by atoms with Gasteiger partial charge in [0.05, 0.1) is 18.8 Å². The second-order valence-electron chi connectivity index (χ2n) is 3.97. The zero-order valence-electron chi connectivity index (χ0n) is 9.93. The van der Waals surface area contributed by atoms with Crippen molar-refractivity contribution in [2.24, 2.45) is 0 Å². The van der Waals surface area contributed by atoms with Crippen LogP contribution < -0.4 is 11.1 Å². The highest BCUT2D eigenvalue weighted by atomic mass is 32.2. The lowest BCUT2D eigenvalue weighted by Gasteiger charge is -2.11. The van der Waals surface area contributed by atoms with Gasteiger partial charge in [0, 0.05) is 17.1 Å². The topological polar surface area (TPSA) is 81.4 Å². The minimum absolute atomic E-state index is 0.0663. The summed E-state index contributed by atoms with van der Waals surface area (Å²) >= 11 is 1.37. The molecule has 0 saturated carbocycles. The minimum atomic E-state index is -0.456.